The fourth-order valence-electron chi connectivity index (χ4n) is 2.80. The molecule has 0 amide bonds. The van der Waals surface area contributed by atoms with Gasteiger partial charge in [-0.05, 0) is 30.7 Å². The maximum atomic E-state index is 3.53. The van der Waals surface area contributed by atoms with Crippen molar-refractivity contribution in [1.82, 2.24) is 5.32 Å². The molecule has 0 radical (unpaired) electrons. The zero-order valence-corrected chi connectivity index (χ0v) is 11.1. The summed E-state index contributed by atoms with van der Waals surface area (Å²) >= 11 is 0. The molecule has 1 N–H and O–H groups in total. The molecule has 1 nitrogen and oxygen atoms in total. The molecule has 0 heterocycles. The van der Waals surface area contributed by atoms with Crippen molar-refractivity contribution in [3.8, 4) is 0 Å². The van der Waals surface area contributed by atoms with Gasteiger partial charge in [-0.15, -0.1) is 0 Å². The Labute approximate surface area is 96.0 Å². The predicted octanol–water partition coefficient (Wildman–Crippen LogP) is 3.98. The van der Waals surface area contributed by atoms with Crippen LogP contribution in [0.4, 0.5) is 0 Å². The van der Waals surface area contributed by atoms with Crippen LogP contribution in [0.5, 0.6) is 0 Å². The maximum absolute atomic E-state index is 3.53. The Morgan fingerprint density at radius 1 is 1.20 bits per heavy atom. The van der Waals surface area contributed by atoms with Crippen molar-refractivity contribution >= 4 is 0 Å². The Bertz CT molecular complexity index is 166. The topological polar surface area (TPSA) is 12.0 Å². The van der Waals surface area contributed by atoms with Gasteiger partial charge in [-0.1, -0.05) is 53.4 Å². The first-order valence-corrected chi connectivity index (χ1v) is 6.73. The second-order valence-corrected chi connectivity index (χ2v) is 6.38. The molecule has 1 fully saturated rings. The van der Waals surface area contributed by atoms with Gasteiger partial charge in [0.05, 0.1) is 0 Å². The summed E-state index contributed by atoms with van der Waals surface area (Å²) in [5.74, 6) is 1.03. The predicted molar refractivity (Wildman–Crippen MR) is 68.1 cm³/mol. The first kappa shape index (κ1) is 13.0. The van der Waals surface area contributed by atoms with E-state index in [9.17, 15) is 0 Å². The molecule has 0 aromatic heterocycles. The number of hydrogen-bond acceptors (Lipinski definition) is 1. The van der Waals surface area contributed by atoms with Crippen molar-refractivity contribution in [1.29, 1.82) is 0 Å². The van der Waals surface area contributed by atoms with Crippen LogP contribution in [0.3, 0.4) is 0 Å². The van der Waals surface area contributed by atoms with Gasteiger partial charge in [0.1, 0.15) is 0 Å². The first-order chi connectivity index (χ1) is 6.99. The second-order valence-electron chi connectivity index (χ2n) is 6.38. The van der Waals surface area contributed by atoms with E-state index < -0.39 is 0 Å². The van der Waals surface area contributed by atoms with Crippen molar-refractivity contribution in [2.24, 2.45) is 11.3 Å². The molecule has 1 rings (SSSR count). The fraction of sp³-hybridized carbons (Fsp3) is 1.00. The van der Waals surface area contributed by atoms with E-state index in [1.165, 1.54) is 45.1 Å². The highest BCUT2D eigenvalue weighted by atomic mass is 14.9. The SMILES string of the molecule is CC(C)NCCC(C)(C)CC1CCCC1. The van der Waals surface area contributed by atoms with E-state index in [4.69, 9.17) is 0 Å². The molecule has 0 atom stereocenters. The smallest absolute Gasteiger partial charge is 0.00103 e. The van der Waals surface area contributed by atoms with Crippen molar-refractivity contribution in [3.63, 3.8) is 0 Å². The Morgan fingerprint density at radius 2 is 1.80 bits per heavy atom. The third-order valence-electron chi connectivity index (χ3n) is 3.67. The van der Waals surface area contributed by atoms with E-state index in [-0.39, 0.29) is 0 Å². The third-order valence-corrected chi connectivity index (χ3v) is 3.67. The lowest BCUT2D eigenvalue weighted by atomic mass is 9.79. The molecule has 15 heavy (non-hydrogen) atoms. The Balaban J connectivity index is 2.18. The normalized spacial score (nSPS) is 19.0. The molecule has 0 aliphatic heterocycles. The number of hydrogen-bond donors (Lipinski definition) is 1. The first-order valence-electron chi connectivity index (χ1n) is 6.73. The minimum Gasteiger partial charge on any atom is -0.315 e. The molecule has 90 valence electrons. The van der Waals surface area contributed by atoms with Crippen molar-refractivity contribution in [2.45, 2.75) is 72.3 Å². The molecule has 0 bridgehead atoms. The average molecular weight is 211 g/mol. The molecule has 0 aromatic rings. The Hall–Kier alpha value is -0.0400. The molecule has 0 spiro atoms. The van der Waals surface area contributed by atoms with Gasteiger partial charge in [0.15, 0.2) is 0 Å². The van der Waals surface area contributed by atoms with Gasteiger partial charge in [0.25, 0.3) is 0 Å². The molecule has 1 aliphatic carbocycles. The highest BCUT2D eigenvalue weighted by Crippen LogP contribution is 2.37. The fourth-order valence-corrected chi connectivity index (χ4v) is 2.80. The molecule has 0 unspecified atom stereocenters. The Kier molecular flexibility index (Phi) is 5.11. The summed E-state index contributed by atoms with van der Waals surface area (Å²) in [6.45, 7) is 10.5. The average Bonchev–Trinajstić information content (AvgIpc) is 2.54. The van der Waals surface area contributed by atoms with Crippen LogP contribution in [0.25, 0.3) is 0 Å². The summed E-state index contributed by atoms with van der Waals surface area (Å²) in [7, 11) is 0. The lowest BCUT2D eigenvalue weighted by molar-refractivity contribution is 0.244. The maximum Gasteiger partial charge on any atom is 0.00103 e. The summed E-state index contributed by atoms with van der Waals surface area (Å²) in [5.41, 5.74) is 0.539. The van der Waals surface area contributed by atoms with Crippen LogP contribution in [0.2, 0.25) is 0 Å². The van der Waals surface area contributed by atoms with Crippen LogP contribution in [-0.4, -0.2) is 12.6 Å². The van der Waals surface area contributed by atoms with Gasteiger partial charge in [0, 0.05) is 6.04 Å². The summed E-state index contributed by atoms with van der Waals surface area (Å²) in [6.07, 6.45) is 8.69. The van der Waals surface area contributed by atoms with Crippen LogP contribution in [0.15, 0.2) is 0 Å². The van der Waals surface area contributed by atoms with Crippen LogP contribution < -0.4 is 5.32 Å². The lowest BCUT2D eigenvalue weighted by Gasteiger charge is -2.28. The van der Waals surface area contributed by atoms with Crippen LogP contribution >= 0.6 is 0 Å². The monoisotopic (exact) mass is 211 g/mol. The second kappa shape index (κ2) is 5.89. The standard InChI is InChI=1S/C14H29N/c1-12(2)15-10-9-14(3,4)11-13-7-5-6-8-13/h12-13,15H,5-11H2,1-4H3. The van der Waals surface area contributed by atoms with Crippen molar-refractivity contribution in [2.75, 3.05) is 6.54 Å². The quantitative estimate of drug-likeness (QED) is 0.700. The van der Waals surface area contributed by atoms with E-state index >= 15 is 0 Å². The minimum atomic E-state index is 0.539. The third kappa shape index (κ3) is 5.55. The summed E-state index contributed by atoms with van der Waals surface area (Å²) < 4.78 is 0. The summed E-state index contributed by atoms with van der Waals surface area (Å²) in [4.78, 5) is 0. The minimum absolute atomic E-state index is 0.539. The Morgan fingerprint density at radius 3 is 2.33 bits per heavy atom. The molecular formula is C14H29N. The highest BCUT2D eigenvalue weighted by molar-refractivity contribution is 4.77. The number of nitrogens with one attached hydrogen (secondary N) is 1. The van der Waals surface area contributed by atoms with Gasteiger partial charge in [-0.2, -0.15) is 0 Å². The number of rotatable bonds is 6. The summed E-state index contributed by atoms with van der Waals surface area (Å²) in [6, 6.07) is 0.632. The summed E-state index contributed by atoms with van der Waals surface area (Å²) in [5, 5.41) is 3.53. The molecule has 1 aliphatic rings. The molecular weight excluding hydrogens is 182 g/mol. The lowest BCUT2D eigenvalue weighted by Crippen LogP contribution is -2.28. The zero-order chi connectivity index (χ0) is 11.3. The van der Waals surface area contributed by atoms with E-state index in [1.807, 2.05) is 0 Å². The van der Waals surface area contributed by atoms with Gasteiger partial charge in [0.2, 0.25) is 0 Å². The van der Waals surface area contributed by atoms with Crippen molar-refractivity contribution < 1.29 is 0 Å². The molecule has 0 saturated heterocycles. The molecule has 0 aromatic carbocycles. The van der Waals surface area contributed by atoms with Crippen molar-refractivity contribution in [3.05, 3.63) is 0 Å². The van der Waals surface area contributed by atoms with E-state index in [0.717, 1.165) is 5.92 Å². The van der Waals surface area contributed by atoms with Crippen LogP contribution in [0, 0.1) is 11.3 Å². The van der Waals surface area contributed by atoms with E-state index in [1.54, 1.807) is 0 Å². The van der Waals surface area contributed by atoms with Crippen LogP contribution in [-0.2, 0) is 0 Å². The molecule has 1 heteroatoms. The van der Waals surface area contributed by atoms with Gasteiger partial charge in [-0.25, -0.2) is 0 Å². The van der Waals surface area contributed by atoms with E-state index in [0.29, 0.717) is 11.5 Å². The zero-order valence-electron chi connectivity index (χ0n) is 11.1. The molecule has 1 saturated carbocycles. The van der Waals surface area contributed by atoms with Crippen LogP contribution in [0.1, 0.15) is 66.2 Å². The highest BCUT2D eigenvalue weighted by Gasteiger charge is 2.25. The van der Waals surface area contributed by atoms with Gasteiger partial charge in [-0.3, -0.25) is 0 Å². The van der Waals surface area contributed by atoms with Gasteiger partial charge < -0.3 is 5.32 Å². The van der Waals surface area contributed by atoms with E-state index in [2.05, 4.69) is 33.0 Å². The van der Waals surface area contributed by atoms with Gasteiger partial charge >= 0.3 is 0 Å². The largest absolute Gasteiger partial charge is 0.315 e.